The third-order valence-electron chi connectivity index (χ3n) is 3.87. The second kappa shape index (κ2) is 3.45. The fraction of sp³-hybridized carbons (Fsp3) is 0.909. The van der Waals surface area contributed by atoms with Crippen LogP contribution in [-0.4, -0.2) is 19.1 Å². The first kappa shape index (κ1) is 11.9. The van der Waals surface area contributed by atoms with Crippen molar-refractivity contribution in [2.75, 3.05) is 0 Å². The van der Waals surface area contributed by atoms with E-state index in [2.05, 4.69) is 18.6 Å². The van der Waals surface area contributed by atoms with Gasteiger partial charge in [-0.2, -0.15) is 0 Å². The molecule has 0 aromatic rings. The van der Waals surface area contributed by atoms with E-state index < -0.39 is 14.8 Å². The number of carbonyl (C=O) groups excluding carboxylic acids is 1. The van der Waals surface area contributed by atoms with E-state index >= 15 is 0 Å². The maximum atomic E-state index is 11.8. The van der Waals surface area contributed by atoms with E-state index in [1.807, 2.05) is 0 Å². The minimum Gasteiger partial charge on any atom is -0.274 e. The highest BCUT2D eigenvalue weighted by Crippen LogP contribution is 2.46. The Kier molecular flexibility index (Phi) is 2.57. The molecule has 0 bridgehead atoms. The maximum absolute atomic E-state index is 11.8. The largest absolute Gasteiger partial charge is 0.274 e. The van der Waals surface area contributed by atoms with Crippen LogP contribution in [0, 0.1) is 17.8 Å². The molecule has 2 aliphatic rings. The number of hydrogen-bond donors (Lipinski definition) is 1. The van der Waals surface area contributed by atoms with Crippen LogP contribution >= 0.6 is 0 Å². The van der Waals surface area contributed by atoms with Gasteiger partial charge in [0.1, 0.15) is 0 Å². The predicted molar refractivity (Wildman–Crippen MR) is 61.1 cm³/mol. The summed E-state index contributed by atoms with van der Waals surface area (Å²) in [5.41, 5.74) is 0. The Hall–Kier alpha value is -0.580. The first-order valence-corrected chi connectivity index (χ1v) is 7.31. The average molecular weight is 245 g/mol. The second-order valence-corrected chi connectivity index (χ2v) is 7.87. The van der Waals surface area contributed by atoms with Crippen LogP contribution in [-0.2, 0) is 14.8 Å². The highest BCUT2D eigenvalue weighted by Gasteiger charge is 2.53. The molecule has 0 aromatic carbocycles. The van der Waals surface area contributed by atoms with Crippen molar-refractivity contribution in [3.8, 4) is 0 Å². The predicted octanol–water partition coefficient (Wildman–Crippen LogP) is 1.28. The third kappa shape index (κ3) is 1.97. The normalized spacial score (nSPS) is 31.2. The van der Waals surface area contributed by atoms with Gasteiger partial charge >= 0.3 is 0 Å². The molecule has 2 unspecified atom stereocenters. The maximum Gasteiger partial charge on any atom is 0.240 e. The molecule has 2 fully saturated rings. The molecule has 1 N–H and O–H groups in total. The van der Waals surface area contributed by atoms with Gasteiger partial charge in [-0.15, -0.1) is 0 Å². The lowest BCUT2D eigenvalue weighted by Gasteiger charge is -2.12. The number of amides is 1. The molecular weight excluding hydrogens is 226 g/mol. The van der Waals surface area contributed by atoms with Gasteiger partial charge in [0.25, 0.3) is 0 Å². The van der Waals surface area contributed by atoms with Crippen LogP contribution in [0.5, 0.6) is 0 Å². The van der Waals surface area contributed by atoms with E-state index in [4.69, 9.17) is 0 Å². The summed E-state index contributed by atoms with van der Waals surface area (Å²) in [6, 6.07) is 0. The molecule has 16 heavy (non-hydrogen) atoms. The summed E-state index contributed by atoms with van der Waals surface area (Å²) >= 11 is 0. The molecule has 0 heterocycles. The van der Waals surface area contributed by atoms with Crippen molar-refractivity contribution in [3.63, 3.8) is 0 Å². The van der Waals surface area contributed by atoms with Crippen molar-refractivity contribution in [1.82, 2.24) is 4.72 Å². The molecule has 2 saturated carbocycles. The summed E-state index contributed by atoms with van der Waals surface area (Å²) in [6.45, 7) is 5.82. The van der Waals surface area contributed by atoms with Crippen LogP contribution < -0.4 is 4.72 Å². The minimum absolute atomic E-state index is 0.0860. The van der Waals surface area contributed by atoms with Crippen LogP contribution in [0.25, 0.3) is 0 Å². The molecule has 2 rings (SSSR count). The lowest BCUT2D eigenvalue weighted by atomic mass is 10.1. The molecule has 0 saturated heterocycles. The van der Waals surface area contributed by atoms with Gasteiger partial charge in [-0.25, -0.2) is 8.42 Å². The first-order valence-electron chi connectivity index (χ1n) is 5.83. The van der Waals surface area contributed by atoms with Crippen LogP contribution in [0.15, 0.2) is 0 Å². The molecule has 0 aliphatic heterocycles. The number of carbonyl (C=O) groups is 1. The van der Waals surface area contributed by atoms with E-state index in [0.29, 0.717) is 24.7 Å². The average Bonchev–Trinajstić information content (AvgIpc) is 2.93. The van der Waals surface area contributed by atoms with Gasteiger partial charge in [0.15, 0.2) is 0 Å². The number of sulfonamides is 1. The zero-order valence-electron chi connectivity index (χ0n) is 9.99. The Labute approximate surface area is 96.8 Å². The van der Waals surface area contributed by atoms with Gasteiger partial charge < -0.3 is 0 Å². The van der Waals surface area contributed by atoms with Crippen molar-refractivity contribution >= 4 is 15.9 Å². The summed E-state index contributed by atoms with van der Waals surface area (Å²) in [7, 11) is -3.44. The third-order valence-corrected chi connectivity index (χ3v) is 6.05. The Balaban J connectivity index is 1.94. The van der Waals surface area contributed by atoms with Gasteiger partial charge in [0, 0.05) is 5.92 Å². The standard InChI is InChI=1S/C11H19NO3S/c1-7(2)8-6-9(8)10(13)12-16(14,15)11(3)4-5-11/h7-9H,4-6H2,1-3H3,(H,12,13). The van der Waals surface area contributed by atoms with Crippen molar-refractivity contribution < 1.29 is 13.2 Å². The molecule has 2 atom stereocenters. The van der Waals surface area contributed by atoms with E-state index in [1.54, 1.807) is 6.92 Å². The molecular formula is C11H19NO3S. The summed E-state index contributed by atoms with van der Waals surface area (Å²) in [5.74, 6) is 0.432. The number of rotatable bonds is 4. The lowest BCUT2D eigenvalue weighted by molar-refractivity contribution is -0.121. The summed E-state index contributed by atoms with van der Waals surface area (Å²) in [5, 5.41) is 0. The Bertz CT molecular complexity index is 409. The minimum atomic E-state index is -3.44. The highest BCUT2D eigenvalue weighted by atomic mass is 32.2. The number of hydrogen-bond acceptors (Lipinski definition) is 3. The molecule has 5 heteroatoms. The molecule has 4 nitrogen and oxygen atoms in total. The fourth-order valence-corrected chi connectivity index (χ4v) is 3.33. The second-order valence-electron chi connectivity index (χ2n) is 5.67. The van der Waals surface area contributed by atoms with Gasteiger partial charge in [0.05, 0.1) is 4.75 Å². The lowest BCUT2D eigenvalue weighted by Crippen LogP contribution is -2.39. The van der Waals surface area contributed by atoms with Crippen LogP contribution in [0.1, 0.15) is 40.0 Å². The topological polar surface area (TPSA) is 63.2 Å². The van der Waals surface area contributed by atoms with E-state index in [-0.39, 0.29) is 11.8 Å². The van der Waals surface area contributed by atoms with Gasteiger partial charge in [-0.1, -0.05) is 13.8 Å². The zero-order valence-corrected chi connectivity index (χ0v) is 10.8. The van der Waals surface area contributed by atoms with Crippen LogP contribution in [0.2, 0.25) is 0 Å². The molecule has 2 aliphatic carbocycles. The molecule has 92 valence electrons. The monoisotopic (exact) mass is 245 g/mol. The highest BCUT2D eigenvalue weighted by molar-refractivity contribution is 7.91. The van der Waals surface area contributed by atoms with Crippen molar-refractivity contribution in [3.05, 3.63) is 0 Å². The molecule has 1 amide bonds. The van der Waals surface area contributed by atoms with Gasteiger partial charge in [-0.05, 0) is 38.0 Å². The molecule has 0 aromatic heterocycles. The molecule has 0 spiro atoms. The Morgan fingerprint density at radius 3 is 2.31 bits per heavy atom. The smallest absolute Gasteiger partial charge is 0.240 e. The zero-order chi connectivity index (χ0) is 12.1. The van der Waals surface area contributed by atoms with Gasteiger partial charge in [-0.3, -0.25) is 9.52 Å². The van der Waals surface area contributed by atoms with Crippen LogP contribution in [0.4, 0.5) is 0 Å². The van der Waals surface area contributed by atoms with Crippen molar-refractivity contribution in [1.29, 1.82) is 0 Å². The quantitative estimate of drug-likeness (QED) is 0.811. The Morgan fingerprint density at radius 1 is 1.38 bits per heavy atom. The summed E-state index contributed by atoms with van der Waals surface area (Å²) < 4.78 is 25.2. The summed E-state index contributed by atoms with van der Waals surface area (Å²) in [4.78, 5) is 11.7. The SMILES string of the molecule is CC(C)C1CC1C(=O)NS(=O)(=O)C1(C)CC1. The van der Waals surface area contributed by atoms with E-state index in [0.717, 1.165) is 6.42 Å². The first-order chi connectivity index (χ1) is 7.27. The number of nitrogens with one attached hydrogen (secondary N) is 1. The van der Waals surface area contributed by atoms with Crippen molar-refractivity contribution in [2.45, 2.75) is 44.8 Å². The van der Waals surface area contributed by atoms with Gasteiger partial charge in [0.2, 0.25) is 15.9 Å². The Morgan fingerprint density at radius 2 is 1.94 bits per heavy atom. The van der Waals surface area contributed by atoms with E-state index in [1.165, 1.54) is 0 Å². The fourth-order valence-electron chi connectivity index (χ4n) is 2.03. The van der Waals surface area contributed by atoms with Crippen LogP contribution in [0.3, 0.4) is 0 Å². The van der Waals surface area contributed by atoms with E-state index in [9.17, 15) is 13.2 Å². The summed E-state index contributed by atoms with van der Waals surface area (Å²) in [6.07, 6.45) is 2.15. The molecule has 0 radical (unpaired) electrons. The van der Waals surface area contributed by atoms with Crippen molar-refractivity contribution in [2.24, 2.45) is 17.8 Å².